The zero-order chi connectivity index (χ0) is 14.7. The normalized spacial score (nSPS) is 24.9. The summed E-state index contributed by atoms with van der Waals surface area (Å²) in [5.41, 5.74) is -2.06. The van der Waals surface area contributed by atoms with Crippen LogP contribution in [0.1, 0.15) is 12.8 Å². The summed E-state index contributed by atoms with van der Waals surface area (Å²) in [5.74, 6) is -2.04. The van der Waals surface area contributed by atoms with E-state index in [9.17, 15) is 18.1 Å². The maximum absolute atomic E-state index is 14.2. The number of aliphatic carboxylic acids is 1. The van der Waals surface area contributed by atoms with Crippen molar-refractivity contribution >= 4 is 13.6 Å². The first kappa shape index (κ1) is 16.0. The van der Waals surface area contributed by atoms with Gasteiger partial charge in [0, 0.05) is 12.8 Å². The van der Waals surface area contributed by atoms with Gasteiger partial charge in [-0.2, -0.15) is 0 Å². The third-order valence-electron chi connectivity index (χ3n) is 2.56. The molecule has 6 nitrogen and oxygen atoms in total. The summed E-state index contributed by atoms with van der Waals surface area (Å²) in [6, 6.07) is -1.48. The van der Waals surface area contributed by atoms with E-state index in [4.69, 9.17) is 14.9 Å². The molecule has 4 N–H and O–H groups in total. The van der Waals surface area contributed by atoms with E-state index in [1.54, 1.807) is 0 Å². The number of hydrogen-bond acceptors (Lipinski definition) is 3. The van der Waals surface area contributed by atoms with Gasteiger partial charge in [0.25, 0.3) is 0 Å². The Hall–Kier alpha value is -1.08. The Morgan fingerprint density at radius 3 is 2.63 bits per heavy atom. The Labute approximate surface area is 108 Å². The largest absolute Gasteiger partial charge is 0.480 e. The molecular weight excluding hydrogens is 283 g/mol. The number of alkyl halides is 1. The van der Waals surface area contributed by atoms with Gasteiger partial charge in [-0.05, 0) is 18.2 Å². The van der Waals surface area contributed by atoms with Crippen LogP contribution in [-0.2, 0) is 9.36 Å². The summed E-state index contributed by atoms with van der Waals surface area (Å²) < 4.78 is 37.5. The summed E-state index contributed by atoms with van der Waals surface area (Å²) in [5, 5.41) is 11.0. The van der Waals surface area contributed by atoms with E-state index in [0.717, 1.165) is 18.2 Å². The van der Waals surface area contributed by atoms with Crippen molar-refractivity contribution in [1.82, 2.24) is 5.32 Å². The smallest absolute Gasteiger partial charge is 0.339 e. The van der Waals surface area contributed by atoms with Gasteiger partial charge in [-0.15, -0.1) is 0 Å². The Morgan fingerprint density at radius 1 is 1.58 bits per heavy atom. The summed E-state index contributed by atoms with van der Waals surface area (Å²) in [4.78, 5) is 28.2. The first-order valence-corrected chi connectivity index (χ1v) is 7.16. The van der Waals surface area contributed by atoms with Crippen LogP contribution in [0.25, 0.3) is 0 Å². The zero-order valence-electron chi connectivity index (χ0n) is 9.79. The van der Waals surface area contributed by atoms with Crippen LogP contribution in [0.2, 0.25) is 0 Å². The van der Waals surface area contributed by atoms with Gasteiger partial charge in [-0.3, -0.25) is 14.7 Å². The minimum Gasteiger partial charge on any atom is -0.480 e. The number of rotatable bonds is 6. The molecule has 0 radical (unpaired) electrons. The summed E-state index contributed by atoms with van der Waals surface area (Å²) in [6.07, 6.45) is 1.05. The van der Waals surface area contributed by atoms with Crippen LogP contribution >= 0.6 is 7.60 Å². The number of carboxylic acid groups (broad SMARTS) is 1. The molecule has 0 saturated carbocycles. The fourth-order valence-corrected chi connectivity index (χ4v) is 2.06. The van der Waals surface area contributed by atoms with Crippen LogP contribution < -0.4 is 5.32 Å². The summed E-state index contributed by atoms with van der Waals surface area (Å²) >= 11 is 0. The van der Waals surface area contributed by atoms with Gasteiger partial charge < -0.3 is 14.9 Å². The molecule has 2 atom stereocenters. The van der Waals surface area contributed by atoms with Gasteiger partial charge in [0.2, 0.25) is 0 Å². The fourth-order valence-electron chi connectivity index (χ4n) is 1.60. The third-order valence-corrected chi connectivity index (χ3v) is 3.16. The highest BCUT2D eigenvalue weighted by Gasteiger charge is 2.35. The van der Waals surface area contributed by atoms with Gasteiger partial charge in [0.1, 0.15) is 17.5 Å². The van der Waals surface area contributed by atoms with Crippen molar-refractivity contribution in [2.24, 2.45) is 0 Å². The second-order valence-corrected chi connectivity index (χ2v) is 5.93. The lowest BCUT2D eigenvalue weighted by molar-refractivity contribution is -0.140. The van der Waals surface area contributed by atoms with Crippen LogP contribution in [0.4, 0.5) is 8.78 Å². The quantitative estimate of drug-likeness (QED) is 0.546. The van der Waals surface area contributed by atoms with Crippen molar-refractivity contribution in [3.63, 3.8) is 0 Å². The Kier molecular flexibility index (Phi) is 4.98. The minimum absolute atomic E-state index is 0.323. The average Bonchev–Trinajstić information content (AvgIpc) is 2.27. The zero-order valence-corrected chi connectivity index (χ0v) is 10.7. The van der Waals surface area contributed by atoms with E-state index in [-0.39, 0.29) is 6.42 Å². The van der Waals surface area contributed by atoms with Gasteiger partial charge in [0.15, 0.2) is 0 Å². The lowest BCUT2D eigenvalue weighted by Crippen LogP contribution is -2.42. The maximum Gasteiger partial charge on any atom is 0.339 e. The van der Waals surface area contributed by atoms with Gasteiger partial charge in [-0.25, -0.2) is 8.78 Å². The predicted molar refractivity (Wildman–Crippen MR) is 62.9 cm³/mol. The van der Waals surface area contributed by atoms with Crippen molar-refractivity contribution in [2.45, 2.75) is 24.6 Å². The van der Waals surface area contributed by atoms with Crippen molar-refractivity contribution in [3.05, 3.63) is 24.1 Å². The number of allylic oxidation sites excluding steroid dienone is 4. The standard InChI is InChI=1S/C10H14F2NO5P/c11-7-1-3-10(12,4-2-7)5-8(9(14)15)13-6-19(16,17)18/h1-3,8,13H,4-6H2,(H,14,15)(H2,16,17,18)/t8-,10?/m0/s1. The highest BCUT2D eigenvalue weighted by atomic mass is 31.2. The van der Waals surface area contributed by atoms with Crippen molar-refractivity contribution in [2.75, 3.05) is 6.29 Å². The molecule has 0 saturated heterocycles. The van der Waals surface area contributed by atoms with E-state index in [1.807, 2.05) is 0 Å². The second kappa shape index (κ2) is 5.92. The maximum atomic E-state index is 14.2. The van der Waals surface area contributed by atoms with Crippen LogP contribution in [-0.4, -0.2) is 38.9 Å². The number of hydrogen-bond donors (Lipinski definition) is 4. The van der Waals surface area contributed by atoms with Crippen LogP contribution in [0, 0.1) is 0 Å². The molecule has 0 aromatic heterocycles. The number of halogens is 2. The molecule has 1 aliphatic carbocycles. The van der Waals surface area contributed by atoms with E-state index in [1.165, 1.54) is 0 Å². The van der Waals surface area contributed by atoms with Crippen molar-refractivity contribution in [1.29, 1.82) is 0 Å². The molecule has 108 valence electrons. The Balaban J connectivity index is 2.67. The molecule has 0 aliphatic heterocycles. The summed E-state index contributed by atoms with van der Waals surface area (Å²) in [7, 11) is -4.43. The van der Waals surface area contributed by atoms with Gasteiger partial charge in [0.05, 0.1) is 6.29 Å². The Morgan fingerprint density at radius 2 is 2.21 bits per heavy atom. The van der Waals surface area contributed by atoms with Gasteiger partial charge >= 0.3 is 13.6 Å². The molecule has 19 heavy (non-hydrogen) atoms. The van der Waals surface area contributed by atoms with E-state index < -0.39 is 43.8 Å². The van der Waals surface area contributed by atoms with E-state index >= 15 is 0 Å². The number of carbonyl (C=O) groups is 1. The van der Waals surface area contributed by atoms with Crippen molar-refractivity contribution < 1.29 is 33.0 Å². The molecular formula is C10H14F2NO5P. The lowest BCUT2D eigenvalue weighted by Gasteiger charge is -2.26. The topological polar surface area (TPSA) is 107 Å². The second-order valence-electron chi connectivity index (χ2n) is 4.28. The van der Waals surface area contributed by atoms with Crippen LogP contribution in [0.15, 0.2) is 24.1 Å². The SMILES string of the molecule is O=C(O)[C@H](CC1(F)C=CC(F)=CC1)NCP(=O)(O)O. The molecule has 1 unspecified atom stereocenters. The highest BCUT2D eigenvalue weighted by Crippen LogP contribution is 2.34. The molecule has 0 heterocycles. The lowest BCUT2D eigenvalue weighted by atomic mass is 9.90. The minimum atomic E-state index is -4.43. The molecule has 0 bridgehead atoms. The highest BCUT2D eigenvalue weighted by molar-refractivity contribution is 7.51. The third kappa shape index (κ3) is 5.61. The Bertz CT molecular complexity index is 461. The molecule has 0 amide bonds. The number of carboxylic acids is 1. The van der Waals surface area contributed by atoms with E-state index in [0.29, 0.717) is 0 Å². The van der Waals surface area contributed by atoms with Crippen LogP contribution in [0.3, 0.4) is 0 Å². The molecule has 9 heteroatoms. The molecule has 0 spiro atoms. The molecule has 0 aromatic rings. The van der Waals surface area contributed by atoms with Crippen molar-refractivity contribution in [3.8, 4) is 0 Å². The van der Waals surface area contributed by atoms with Gasteiger partial charge in [-0.1, -0.05) is 0 Å². The molecule has 0 aromatic carbocycles. The average molecular weight is 297 g/mol. The fraction of sp³-hybridized carbons (Fsp3) is 0.500. The monoisotopic (exact) mass is 297 g/mol. The number of nitrogens with one attached hydrogen (secondary N) is 1. The summed E-state index contributed by atoms with van der Waals surface area (Å²) in [6.45, 7) is 0. The predicted octanol–water partition coefficient (Wildman–Crippen LogP) is 1.08. The molecule has 0 fully saturated rings. The first-order valence-electron chi connectivity index (χ1n) is 5.36. The molecule has 1 rings (SSSR count). The first-order chi connectivity index (χ1) is 8.61. The van der Waals surface area contributed by atoms with Crippen LogP contribution in [0.5, 0.6) is 0 Å². The van der Waals surface area contributed by atoms with E-state index in [2.05, 4.69) is 5.32 Å². The molecule has 1 aliphatic rings.